The maximum atomic E-state index is 16.1. The first-order chi connectivity index (χ1) is 20.1. The maximum Gasteiger partial charge on any atom is 0.264 e. The summed E-state index contributed by atoms with van der Waals surface area (Å²) in [6, 6.07) is 15.5. The molecule has 42 heavy (non-hydrogen) atoms. The van der Waals surface area contributed by atoms with Gasteiger partial charge in [-0.1, -0.05) is 42.5 Å². The van der Waals surface area contributed by atoms with Gasteiger partial charge < -0.3 is 23.8 Å². The number of hydrogen-bond donors (Lipinski definition) is 1. The number of aliphatic hydroxyl groups is 1. The van der Waals surface area contributed by atoms with E-state index in [1.165, 1.54) is 0 Å². The van der Waals surface area contributed by atoms with Gasteiger partial charge in [-0.25, -0.2) is 0 Å². The zero-order valence-electron chi connectivity index (χ0n) is 24.4. The molecule has 2 fully saturated rings. The number of hydrogen-bond acceptors (Lipinski definition) is 6. The van der Waals surface area contributed by atoms with Gasteiger partial charge in [0.15, 0.2) is 5.60 Å². The predicted molar refractivity (Wildman–Crippen MR) is 159 cm³/mol. The van der Waals surface area contributed by atoms with Gasteiger partial charge in [0.25, 0.3) is 5.91 Å². The molecule has 2 saturated heterocycles. The van der Waals surface area contributed by atoms with Crippen LogP contribution in [0.25, 0.3) is 0 Å². The van der Waals surface area contributed by atoms with Gasteiger partial charge >= 0.3 is 0 Å². The Morgan fingerprint density at radius 3 is 2.71 bits per heavy atom. The number of rotatable bonds is 9. The van der Waals surface area contributed by atoms with Gasteiger partial charge in [-0.2, -0.15) is 0 Å². The minimum absolute atomic E-state index is 0.00707. The van der Waals surface area contributed by atoms with Crippen LogP contribution in [0.5, 0.6) is 0 Å². The second-order valence-corrected chi connectivity index (χ2v) is 16.0. The lowest BCUT2D eigenvalue weighted by atomic mass is 9.82. The van der Waals surface area contributed by atoms with Gasteiger partial charge in [0, 0.05) is 61.4 Å². The highest BCUT2D eigenvalue weighted by molar-refractivity contribution is 6.72. The Hall–Kier alpha value is -3.41. The van der Waals surface area contributed by atoms with Crippen LogP contribution in [0.1, 0.15) is 43.0 Å². The minimum Gasteiger partial charge on any atom is -0.396 e. The molecule has 3 aliphatic heterocycles. The predicted octanol–water partition coefficient (Wildman–Crippen LogP) is 4.35. The Labute approximate surface area is 246 Å². The molecule has 9 nitrogen and oxygen atoms in total. The zero-order valence-corrected chi connectivity index (χ0v) is 25.4. The third kappa shape index (κ3) is 4.87. The smallest absolute Gasteiger partial charge is 0.264 e. The normalized spacial score (nSPS) is 25.7. The summed E-state index contributed by atoms with van der Waals surface area (Å²) in [6.07, 6.45) is 3.62. The number of nitrogens with zero attached hydrogens (tertiary/aromatic N) is 5. The average molecular weight is 592 g/mol. The van der Waals surface area contributed by atoms with E-state index in [2.05, 4.69) is 10.3 Å². The highest BCUT2D eigenvalue weighted by Gasteiger charge is 2.66. The van der Waals surface area contributed by atoms with Crippen molar-refractivity contribution in [2.24, 2.45) is 5.92 Å². The standard InChI is InChI=1S/C31H38FN5O4Si/c1-21-29(42(2,3)32)27(13-16-35-20-23(14-17-38)33-34-35)41-31(21)25-10-4-5-11-26(25)37(30(31)40)19-22-8-6-9-24(18-22)36-15-7-12-28(36)39/h4-6,8-11,18,20-21,27,29,38H,7,12-17,19H2,1-3H3/t21-,27+,29-,31+/m0/s1. The molecular weight excluding hydrogens is 553 g/mol. The molecule has 1 aromatic heterocycles. The molecule has 4 heterocycles. The van der Waals surface area contributed by atoms with Crippen molar-refractivity contribution in [3.63, 3.8) is 0 Å². The Morgan fingerprint density at radius 2 is 1.98 bits per heavy atom. The summed E-state index contributed by atoms with van der Waals surface area (Å²) in [7, 11) is -3.28. The van der Waals surface area contributed by atoms with Crippen LogP contribution in [0, 0.1) is 5.92 Å². The molecule has 11 heteroatoms. The molecule has 222 valence electrons. The molecule has 3 aromatic rings. The monoisotopic (exact) mass is 591 g/mol. The van der Waals surface area contributed by atoms with Crippen LogP contribution < -0.4 is 9.80 Å². The maximum absolute atomic E-state index is 16.1. The van der Waals surface area contributed by atoms with Gasteiger partial charge in [0.1, 0.15) is 0 Å². The first kappa shape index (κ1) is 28.7. The number of halogens is 1. The third-order valence-electron chi connectivity index (χ3n) is 9.10. The van der Waals surface area contributed by atoms with Gasteiger partial charge in [0.2, 0.25) is 14.3 Å². The van der Waals surface area contributed by atoms with E-state index in [1.807, 2.05) is 55.5 Å². The molecule has 0 aliphatic carbocycles. The first-order valence-corrected chi connectivity index (χ1v) is 17.8. The molecule has 1 N–H and O–H groups in total. The molecule has 1 spiro atoms. The molecule has 2 amide bonds. The number of para-hydroxylation sites is 1. The van der Waals surface area contributed by atoms with Crippen LogP contribution in [0.2, 0.25) is 18.6 Å². The second kappa shape index (κ2) is 11.0. The van der Waals surface area contributed by atoms with E-state index >= 15 is 4.11 Å². The van der Waals surface area contributed by atoms with Crippen LogP contribution >= 0.6 is 0 Å². The Bertz CT molecular complexity index is 1490. The number of carbonyl (C=O) groups excluding carboxylic acids is 2. The molecule has 0 bridgehead atoms. The summed E-state index contributed by atoms with van der Waals surface area (Å²) in [5.41, 5.74) is 2.33. The summed E-state index contributed by atoms with van der Waals surface area (Å²) >= 11 is 0. The van der Waals surface area contributed by atoms with Crippen molar-refractivity contribution < 1.29 is 23.5 Å². The SMILES string of the molecule is C[C@H]1[C@H]([Si](C)(C)F)[C@@H](CCn2cc(CCO)nn2)O[C@]12C(=O)N(Cc1cccc(N3CCCC3=O)c1)c1ccccc12. The van der Waals surface area contributed by atoms with Crippen molar-refractivity contribution in [2.75, 3.05) is 23.0 Å². The minimum atomic E-state index is -3.28. The van der Waals surface area contributed by atoms with Crippen molar-refractivity contribution >= 4 is 31.6 Å². The van der Waals surface area contributed by atoms with Crippen LogP contribution in [-0.4, -0.2) is 59.6 Å². The van der Waals surface area contributed by atoms with Crippen LogP contribution in [-0.2, 0) is 39.4 Å². The number of amides is 2. The molecule has 6 rings (SSSR count). The first-order valence-electron chi connectivity index (χ1n) is 14.8. The lowest BCUT2D eigenvalue weighted by molar-refractivity contribution is -0.146. The Morgan fingerprint density at radius 1 is 1.17 bits per heavy atom. The molecular formula is C31H38FN5O4Si. The van der Waals surface area contributed by atoms with Crippen molar-refractivity contribution in [3.05, 3.63) is 71.5 Å². The topological polar surface area (TPSA) is 101 Å². The fraction of sp³-hybridized carbons (Fsp3) is 0.484. The van der Waals surface area contributed by atoms with Crippen LogP contribution in [0.15, 0.2) is 54.7 Å². The summed E-state index contributed by atoms with van der Waals surface area (Å²) in [5.74, 6) is -0.426. The van der Waals surface area contributed by atoms with Crippen LogP contribution in [0.3, 0.4) is 0 Å². The zero-order chi connectivity index (χ0) is 29.6. The van der Waals surface area contributed by atoms with Gasteiger partial charge in [0.05, 0.1) is 24.0 Å². The highest BCUT2D eigenvalue weighted by atomic mass is 28.4. The fourth-order valence-electron chi connectivity index (χ4n) is 7.29. The number of anilines is 2. The summed E-state index contributed by atoms with van der Waals surface area (Å²) in [4.78, 5) is 30.5. The van der Waals surface area contributed by atoms with Crippen molar-refractivity contribution in [3.8, 4) is 0 Å². The summed E-state index contributed by atoms with van der Waals surface area (Å²) in [5, 5.41) is 17.5. The van der Waals surface area contributed by atoms with E-state index in [9.17, 15) is 14.7 Å². The molecule has 0 saturated carbocycles. The van der Waals surface area contributed by atoms with Gasteiger partial charge in [-0.3, -0.25) is 14.3 Å². The number of aromatic nitrogens is 3. The van der Waals surface area contributed by atoms with Gasteiger partial charge in [-0.05, 0) is 49.7 Å². The molecule has 0 unspecified atom stereocenters. The van der Waals surface area contributed by atoms with E-state index in [4.69, 9.17) is 4.74 Å². The molecule has 0 radical (unpaired) electrons. The van der Waals surface area contributed by atoms with E-state index in [1.54, 1.807) is 33.8 Å². The van der Waals surface area contributed by atoms with Crippen molar-refractivity contribution in [1.82, 2.24) is 15.0 Å². The van der Waals surface area contributed by atoms with E-state index in [0.717, 1.165) is 28.9 Å². The van der Waals surface area contributed by atoms with E-state index < -0.39 is 25.7 Å². The van der Waals surface area contributed by atoms with Gasteiger partial charge in [-0.15, -0.1) is 5.10 Å². The Kier molecular flexibility index (Phi) is 7.53. The highest BCUT2D eigenvalue weighted by Crippen LogP contribution is 2.60. The van der Waals surface area contributed by atoms with Crippen LogP contribution in [0.4, 0.5) is 15.5 Å². The lowest BCUT2D eigenvalue weighted by Gasteiger charge is -2.31. The number of aryl methyl sites for hydroxylation is 1. The third-order valence-corrected chi connectivity index (χ3v) is 11.6. The van der Waals surface area contributed by atoms with Crippen molar-refractivity contribution in [1.29, 1.82) is 0 Å². The second-order valence-electron chi connectivity index (χ2n) is 12.2. The van der Waals surface area contributed by atoms with E-state index in [-0.39, 0.29) is 24.3 Å². The molecule has 3 aliphatic rings. The quantitative estimate of drug-likeness (QED) is 0.293. The fourth-order valence-corrected chi connectivity index (χ4v) is 9.83. The number of benzene rings is 2. The summed E-state index contributed by atoms with van der Waals surface area (Å²) in [6.45, 7) is 6.85. The Balaban J connectivity index is 1.30. The van der Waals surface area contributed by atoms with E-state index in [0.29, 0.717) is 44.6 Å². The number of carbonyl (C=O) groups is 2. The number of fused-ring (bicyclic) bond motifs is 2. The largest absolute Gasteiger partial charge is 0.396 e. The molecule has 4 atom stereocenters. The lowest BCUT2D eigenvalue weighted by Crippen LogP contribution is -2.45. The molecule has 2 aromatic carbocycles. The number of ether oxygens (including phenoxy) is 1. The number of aliphatic hydroxyl groups excluding tert-OH is 1. The average Bonchev–Trinajstić information content (AvgIpc) is 3.71. The summed E-state index contributed by atoms with van der Waals surface area (Å²) < 4.78 is 24.6. The van der Waals surface area contributed by atoms with Crippen molar-refractivity contribution in [2.45, 2.75) is 76.0 Å².